The van der Waals surface area contributed by atoms with Gasteiger partial charge in [0, 0.05) is 16.4 Å². The van der Waals surface area contributed by atoms with Crippen molar-refractivity contribution < 1.29 is 9.53 Å². The minimum atomic E-state index is -0.424. The van der Waals surface area contributed by atoms with E-state index in [1.165, 1.54) is 5.56 Å². The molecule has 122 valence electrons. The topological polar surface area (TPSA) is 38.3 Å². The molecular formula is C20H18BrNO2. The van der Waals surface area contributed by atoms with Crippen molar-refractivity contribution in [1.82, 2.24) is 5.32 Å². The highest BCUT2D eigenvalue weighted by Gasteiger charge is 2.10. The Morgan fingerprint density at radius 1 is 1.04 bits per heavy atom. The predicted octanol–water partition coefficient (Wildman–Crippen LogP) is 5.24. The van der Waals surface area contributed by atoms with Crippen LogP contribution in [0.5, 0.6) is 5.75 Å². The molecule has 0 spiro atoms. The van der Waals surface area contributed by atoms with Gasteiger partial charge in [-0.15, -0.1) is 0 Å². The molecule has 0 heterocycles. The number of halogens is 1. The number of hydrogen-bond donors (Lipinski definition) is 1. The van der Waals surface area contributed by atoms with Gasteiger partial charge in [0.1, 0.15) is 5.75 Å². The van der Waals surface area contributed by atoms with Gasteiger partial charge in [-0.3, -0.25) is 0 Å². The van der Waals surface area contributed by atoms with Gasteiger partial charge in [0.2, 0.25) is 0 Å². The lowest BCUT2D eigenvalue weighted by atomic mass is 10.1. The molecule has 24 heavy (non-hydrogen) atoms. The molecule has 0 atom stereocenters. The molecule has 0 aromatic heterocycles. The Morgan fingerprint density at radius 2 is 1.79 bits per heavy atom. The van der Waals surface area contributed by atoms with Crippen LogP contribution in [0.15, 0.2) is 65.1 Å². The standard InChI is InChI=1S/C20H18BrNO2/c1-14-6-9-16-4-2-3-5-18(16)19(14)24-20(23)22-13-12-15-7-10-17(21)11-8-15/h2-11H,12-13H2,1H3,(H,22,23). The average molecular weight is 384 g/mol. The normalized spacial score (nSPS) is 10.6. The van der Waals surface area contributed by atoms with Crippen LogP contribution in [-0.4, -0.2) is 12.6 Å². The SMILES string of the molecule is Cc1ccc2ccccc2c1OC(=O)NCCc1ccc(Br)cc1. The maximum atomic E-state index is 12.1. The molecule has 1 amide bonds. The van der Waals surface area contributed by atoms with Gasteiger partial charge in [-0.25, -0.2) is 4.79 Å². The molecule has 0 unspecified atom stereocenters. The summed E-state index contributed by atoms with van der Waals surface area (Å²) < 4.78 is 6.60. The molecule has 3 nitrogen and oxygen atoms in total. The van der Waals surface area contributed by atoms with Crippen LogP contribution in [0.2, 0.25) is 0 Å². The van der Waals surface area contributed by atoms with E-state index in [0.29, 0.717) is 12.3 Å². The van der Waals surface area contributed by atoms with E-state index in [0.717, 1.165) is 27.2 Å². The van der Waals surface area contributed by atoms with Crippen LogP contribution in [0.3, 0.4) is 0 Å². The van der Waals surface area contributed by atoms with Gasteiger partial charge in [0.15, 0.2) is 0 Å². The summed E-state index contributed by atoms with van der Waals surface area (Å²) in [6.07, 6.45) is 0.336. The Bertz CT molecular complexity index is 859. The molecule has 0 bridgehead atoms. The van der Waals surface area contributed by atoms with Crippen LogP contribution >= 0.6 is 15.9 Å². The fraction of sp³-hybridized carbons (Fsp3) is 0.150. The van der Waals surface area contributed by atoms with Crippen LogP contribution in [-0.2, 0) is 6.42 Å². The summed E-state index contributed by atoms with van der Waals surface area (Å²) in [7, 11) is 0. The second kappa shape index (κ2) is 7.49. The number of benzene rings is 3. The van der Waals surface area contributed by atoms with Crippen molar-refractivity contribution >= 4 is 32.8 Å². The first-order valence-corrected chi connectivity index (χ1v) is 8.61. The Labute approximate surface area is 149 Å². The van der Waals surface area contributed by atoms with Crippen molar-refractivity contribution in [3.05, 3.63) is 76.3 Å². The molecule has 0 aliphatic rings. The maximum Gasteiger partial charge on any atom is 0.412 e. The maximum absolute atomic E-state index is 12.1. The Balaban J connectivity index is 1.63. The first-order chi connectivity index (χ1) is 11.6. The number of aryl methyl sites for hydroxylation is 1. The van der Waals surface area contributed by atoms with Crippen LogP contribution in [0.1, 0.15) is 11.1 Å². The zero-order valence-corrected chi connectivity index (χ0v) is 15.0. The fourth-order valence-electron chi connectivity index (χ4n) is 2.58. The molecule has 0 saturated heterocycles. The van der Waals surface area contributed by atoms with Crippen LogP contribution < -0.4 is 10.1 Å². The van der Waals surface area contributed by atoms with Crippen molar-refractivity contribution in [2.75, 3.05) is 6.54 Å². The zero-order chi connectivity index (χ0) is 16.9. The first-order valence-electron chi connectivity index (χ1n) is 7.82. The number of amides is 1. The number of rotatable bonds is 4. The van der Waals surface area contributed by atoms with Gasteiger partial charge in [0.05, 0.1) is 0 Å². The Hall–Kier alpha value is -2.33. The highest BCUT2D eigenvalue weighted by atomic mass is 79.9. The minimum absolute atomic E-state index is 0.424. The molecule has 0 saturated carbocycles. The zero-order valence-electron chi connectivity index (χ0n) is 13.4. The Kier molecular flexibility index (Phi) is 5.16. The van der Waals surface area contributed by atoms with E-state index in [2.05, 4.69) is 21.2 Å². The van der Waals surface area contributed by atoms with Crippen molar-refractivity contribution in [3.8, 4) is 5.75 Å². The van der Waals surface area contributed by atoms with E-state index in [1.807, 2.05) is 67.6 Å². The lowest BCUT2D eigenvalue weighted by Gasteiger charge is -2.11. The highest BCUT2D eigenvalue weighted by Crippen LogP contribution is 2.29. The number of carbonyl (C=O) groups excluding carboxylic acids is 1. The van der Waals surface area contributed by atoms with E-state index in [4.69, 9.17) is 4.74 Å². The number of fused-ring (bicyclic) bond motifs is 1. The third kappa shape index (κ3) is 3.95. The fourth-order valence-corrected chi connectivity index (χ4v) is 2.84. The second-order valence-corrected chi connectivity index (χ2v) is 6.54. The Morgan fingerprint density at radius 3 is 2.58 bits per heavy atom. The van der Waals surface area contributed by atoms with Crippen LogP contribution in [0, 0.1) is 6.92 Å². The molecule has 0 fully saturated rings. The number of ether oxygens (including phenoxy) is 1. The van der Waals surface area contributed by atoms with Gasteiger partial charge >= 0.3 is 6.09 Å². The molecule has 3 rings (SSSR count). The second-order valence-electron chi connectivity index (χ2n) is 5.63. The van der Waals surface area contributed by atoms with E-state index >= 15 is 0 Å². The van der Waals surface area contributed by atoms with Crippen molar-refractivity contribution in [2.45, 2.75) is 13.3 Å². The van der Waals surface area contributed by atoms with Crippen molar-refractivity contribution in [2.24, 2.45) is 0 Å². The van der Waals surface area contributed by atoms with E-state index in [1.54, 1.807) is 0 Å². The molecule has 3 aromatic carbocycles. The highest BCUT2D eigenvalue weighted by molar-refractivity contribution is 9.10. The molecular weight excluding hydrogens is 366 g/mol. The largest absolute Gasteiger partial charge is 0.412 e. The lowest BCUT2D eigenvalue weighted by molar-refractivity contribution is 0.201. The van der Waals surface area contributed by atoms with Gasteiger partial charge in [-0.1, -0.05) is 64.5 Å². The smallest absolute Gasteiger partial charge is 0.409 e. The number of hydrogen-bond acceptors (Lipinski definition) is 2. The summed E-state index contributed by atoms with van der Waals surface area (Å²) in [5.74, 6) is 0.620. The number of nitrogens with one attached hydrogen (secondary N) is 1. The molecule has 0 radical (unpaired) electrons. The quantitative estimate of drug-likeness (QED) is 0.668. The molecule has 0 aliphatic carbocycles. The third-order valence-corrected chi connectivity index (χ3v) is 4.40. The van der Waals surface area contributed by atoms with Gasteiger partial charge in [0.25, 0.3) is 0 Å². The van der Waals surface area contributed by atoms with Crippen molar-refractivity contribution in [3.63, 3.8) is 0 Å². The first kappa shape index (κ1) is 16.5. The molecule has 3 aromatic rings. The summed E-state index contributed by atoms with van der Waals surface area (Å²) in [5.41, 5.74) is 2.11. The van der Waals surface area contributed by atoms with Gasteiger partial charge < -0.3 is 10.1 Å². The summed E-state index contributed by atoms with van der Waals surface area (Å²) in [6.45, 7) is 2.47. The summed E-state index contributed by atoms with van der Waals surface area (Å²) in [6, 6.07) is 19.9. The van der Waals surface area contributed by atoms with Gasteiger partial charge in [-0.2, -0.15) is 0 Å². The lowest BCUT2D eigenvalue weighted by Crippen LogP contribution is -2.29. The molecule has 0 aliphatic heterocycles. The molecule has 4 heteroatoms. The van der Waals surface area contributed by atoms with E-state index in [-0.39, 0.29) is 0 Å². The van der Waals surface area contributed by atoms with Crippen LogP contribution in [0.4, 0.5) is 4.79 Å². The third-order valence-electron chi connectivity index (χ3n) is 3.87. The number of carbonyl (C=O) groups is 1. The monoisotopic (exact) mass is 383 g/mol. The van der Waals surface area contributed by atoms with Crippen LogP contribution in [0.25, 0.3) is 10.8 Å². The summed E-state index contributed by atoms with van der Waals surface area (Å²) in [5, 5.41) is 4.81. The average Bonchev–Trinajstić information content (AvgIpc) is 2.59. The summed E-state index contributed by atoms with van der Waals surface area (Å²) in [4.78, 5) is 12.1. The van der Waals surface area contributed by atoms with E-state index < -0.39 is 6.09 Å². The minimum Gasteiger partial charge on any atom is -0.409 e. The predicted molar refractivity (Wildman–Crippen MR) is 101 cm³/mol. The molecule has 1 N–H and O–H groups in total. The summed E-state index contributed by atoms with van der Waals surface area (Å²) >= 11 is 3.41. The van der Waals surface area contributed by atoms with E-state index in [9.17, 15) is 4.79 Å². The van der Waals surface area contributed by atoms with Gasteiger partial charge in [-0.05, 0) is 42.0 Å². The van der Waals surface area contributed by atoms with Crippen molar-refractivity contribution in [1.29, 1.82) is 0 Å².